The summed E-state index contributed by atoms with van der Waals surface area (Å²) in [7, 11) is 0. The number of anilines is 2. The van der Waals surface area contributed by atoms with Crippen molar-refractivity contribution in [2.45, 2.75) is 6.18 Å². The van der Waals surface area contributed by atoms with Gasteiger partial charge in [-0.1, -0.05) is 24.0 Å². The van der Waals surface area contributed by atoms with Gasteiger partial charge in [-0.25, -0.2) is 4.98 Å². The smallest absolute Gasteiger partial charge is 0.417 e. The molecule has 0 saturated carbocycles. The molecule has 4 nitrogen and oxygen atoms in total. The van der Waals surface area contributed by atoms with Crippen molar-refractivity contribution in [1.82, 2.24) is 4.98 Å². The molecule has 0 spiro atoms. The van der Waals surface area contributed by atoms with E-state index in [1.807, 2.05) is 23.1 Å². The van der Waals surface area contributed by atoms with E-state index < -0.39 is 11.7 Å². The number of piperazine rings is 1. The van der Waals surface area contributed by atoms with Crippen LogP contribution in [0, 0.1) is 17.9 Å². The topological polar surface area (TPSA) is 39.6 Å². The van der Waals surface area contributed by atoms with Gasteiger partial charge in [-0.05, 0) is 48.5 Å². The molecule has 1 radical (unpaired) electrons. The summed E-state index contributed by atoms with van der Waals surface area (Å²) < 4.78 is 38.8. The molecule has 31 heavy (non-hydrogen) atoms. The first-order valence-corrected chi connectivity index (χ1v) is 9.74. The number of nitrogens with zero attached hydrogens (tertiary/aromatic N) is 3. The first-order valence-electron chi connectivity index (χ1n) is 9.74. The summed E-state index contributed by atoms with van der Waals surface area (Å²) in [5.41, 5.74) is 1.27. The van der Waals surface area contributed by atoms with E-state index in [1.165, 1.54) is 6.07 Å². The second-order valence-corrected chi connectivity index (χ2v) is 7.14. The quantitative estimate of drug-likeness (QED) is 0.624. The standard InChI is InChI=1S/C24H19F3N3O/c25-24(26,27)20-4-2-5-21(16-20)29-11-13-30(14-12-29)23-10-9-19(17-28-23)8-7-18-3-1-6-22(31)15-18/h1-3,5-6,9-10,15-17,31H,11-14H2. The first-order chi connectivity index (χ1) is 14.9. The molecule has 7 heteroatoms. The second kappa shape index (κ2) is 8.60. The summed E-state index contributed by atoms with van der Waals surface area (Å²) in [6, 6.07) is 16.9. The molecular weight excluding hydrogens is 403 g/mol. The second-order valence-electron chi connectivity index (χ2n) is 7.14. The van der Waals surface area contributed by atoms with E-state index in [-0.39, 0.29) is 5.75 Å². The Balaban J connectivity index is 1.38. The number of phenolic OH excluding ortho intramolecular Hbond substituents is 1. The highest BCUT2D eigenvalue weighted by Gasteiger charge is 2.31. The van der Waals surface area contributed by atoms with Crippen molar-refractivity contribution in [3.8, 4) is 17.6 Å². The molecule has 0 amide bonds. The molecule has 2 aromatic carbocycles. The first kappa shape index (κ1) is 20.6. The molecule has 0 aliphatic carbocycles. The van der Waals surface area contributed by atoms with Gasteiger partial charge in [0.05, 0.1) is 5.56 Å². The van der Waals surface area contributed by atoms with E-state index in [0.29, 0.717) is 37.4 Å². The lowest BCUT2D eigenvalue weighted by Gasteiger charge is -2.36. The van der Waals surface area contributed by atoms with Crippen LogP contribution in [0.15, 0.2) is 60.8 Å². The largest absolute Gasteiger partial charge is 0.508 e. The molecule has 1 saturated heterocycles. The van der Waals surface area contributed by atoms with Gasteiger partial charge >= 0.3 is 6.18 Å². The zero-order valence-electron chi connectivity index (χ0n) is 16.5. The summed E-state index contributed by atoms with van der Waals surface area (Å²) in [4.78, 5) is 8.52. The van der Waals surface area contributed by atoms with Gasteiger partial charge in [0.2, 0.25) is 0 Å². The maximum atomic E-state index is 12.9. The fourth-order valence-electron chi connectivity index (χ4n) is 3.38. The van der Waals surface area contributed by atoms with Crippen LogP contribution >= 0.6 is 0 Å². The summed E-state index contributed by atoms with van der Waals surface area (Å²) in [6.07, 6.45) is -2.70. The monoisotopic (exact) mass is 422 g/mol. The van der Waals surface area contributed by atoms with Crippen LogP contribution < -0.4 is 9.80 Å². The van der Waals surface area contributed by atoms with Crippen molar-refractivity contribution in [1.29, 1.82) is 0 Å². The summed E-state index contributed by atoms with van der Waals surface area (Å²) >= 11 is 0. The van der Waals surface area contributed by atoms with Crippen LogP contribution in [-0.4, -0.2) is 36.3 Å². The highest BCUT2D eigenvalue weighted by Crippen LogP contribution is 2.31. The molecule has 1 aromatic heterocycles. The number of pyridine rings is 1. The predicted molar refractivity (Wildman–Crippen MR) is 113 cm³/mol. The van der Waals surface area contributed by atoms with Crippen molar-refractivity contribution in [2.24, 2.45) is 0 Å². The lowest BCUT2D eigenvalue weighted by atomic mass is 10.1. The summed E-state index contributed by atoms with van der Waals surface area (Å²) in [5.74, 6) is 6.98. The zero-order valence-corrected chi connectivity index (χ0v) is 16.5. The average molecular weight is 422 g/mol. The minimum atomic E-state index is -4.40. The lowest BCUT2D eigenvalue weighted by Crippen LogP contribution is -2.46. The van der Waals surface area contributed by atoms with Crippen molar-refractivity contribution in [3.63, 3.8) is 0 Å². The van der Waals surface area contributed by atoms with E-state index in [4.69, 9.17) is 0 Å². The van der Waals surface area contributed by atoms with Crippen molar-refractivity contribution < 1.29 is 18.3 Å². The normalized spacial score (nSPS) is 14.2. The molecule has 4 rings (SSSR count). The number of alkyl halides is 3. The molecule has 2 heterocycles. The Labute approximate surface area is 178 Å². The number of hydrogen-bond acceptors (Lipinski definition) is 4. The third kappa shape index (κ3) is 5.10. The van der Waals surface area contributed by atoms with E-state index >= 15 is 0 Å². The van der Waals surface area contributed by atoms with Gasteiger partial charge in [-0.15, -0.1) is 0 Å². The van der Waals surface area contributed by atoms with Gasteiger partial charge in [0, 0.05) is 49.2 Å². The number of halogens is 3. The Kier molecular flexibility index (Phi) is 5.72. The van der Waals surface area contributed by atoms with Crippen LogP contribution in [0.2, 0.25) is 0 Å². The third-order valence-corrected chi connectivity index (χ3v) is 5.00. The minimum Gasteiger partial charge on any atom is -0.508 e. The fourth-order valence-corrected chi connectivity index (χ4v) is 3.38. The number of phenols is 1. The molecule has 3 aromatic rings. The Morgan fingerprint density at radius 1 is 0.903 bits per heavy atom. The number of benzene rings is 2. The van der Waals surface area contributed by atoms with Crippen LogP contribution in [-0.2, 0) is 6.18 Å². The lowest BCUT2D eigenvalue weighted by molar-refractivity contribution is -0.137. The number of aromatic hydroxyl groups is 1. The highest BCUT2D eigenvalue weighted by molar-refractivity contribution is 5.52. The molecule has 1 fully saturated rings. The fraction of sp³-hybridized carbons (Fsp3) is 0.208. The molecule has 157 valence electrons. The number of aromatic nitrogens is 1. The average Bonchev–Trinajstić information content (AvgIpc) is 2.78. The summed E-state index contributed by atoms with van der Waals surface area (Å²) in [5, 5.41) is 9.49. The molecule has 1 aliphatic heterocycles. The van der Waals surface area contributed by atoms with Gasteiger partial charge in [0.25, 0.3) is 0 Å². The van der Waals surface area contributed by atoms with Crippen LogP contribution in [0.3, 0.4) is 0 Å². The molecule has 0 bridgehead atoms. The van der Waals surface area contributed by atoms with Gasteiger partial charge < -0.3 is 14.9 Å². The van der Waals surface area contributed by atoms with E-state index in [2.05, 4.69) is 27.8 Å². The molecule has 1 N–H and O–H groups in total. The zero-order chi connectivity index (χ0) is 21.8. The predicted octanol–water partition coefficient (Wildman–Crippen LogP) is 4.33. The van der Waals surface area contributed by atoms with Crippen LogP contribution in [0.4, 0.5) is 24.7 Å². The third-order valence-electron chi connectivity index (χ3n) is 5.00. The van der Waals surface area contributed by atoms with Gasteiger partial charge in [0.1, 0.15) is 11.6 Å². The van der Waals surface area contributed by atoms with E-state index in [9.17, 15) is 18.3 Å². The van der Waals surface area contributed by atoms with Gasteiger partial charge in [0.15, 0.2) is 0 Å². The Morgan fingerprint density at radius 3 is 2.32 bits per heavy atom. The number of hydrogen-bond donors (Lipinski definition) is 1. The minimum absolute atomic E-state index is 0.169. The molecule has 1 aliphatic rings. The maximum Gasteiger partial charge on any atom is 0.417 e. The van der Waals surface area contributed by atoms with E-state index in [1.54, 1.807) is 30.5 Å². The van der Waals surface area contributed by atoms with Gasteiger partial charge in [-0.2, -0.15) is 13.2 Å². The molecule has 0 atom stereocenters. The van der Waals surface area contributed by atoms with Crippen molar-refractivity contribution in [3.05, 3.63) is 83.6 Å². The van der Waals surface area contributed by atoms with Crippen LogP contribution in [0.1, 0.15) is 16.7 Å². The number of rotatable bonds is 2. The van der Waals surface area contributed by atoms with Gasteiger partial charge in [-0.3, -0.25) is 0 Å². The van der Waals surface area contributed by atoms with E-state index in [0.717, 1.165) is 17.4 Å². The van der Waals surface area contributed by atoms with Crippen LogP contribution in [0.25, 0.3) is 0 Å². The molecule has 0 unspecified atom stereocenters. The molecular formula is C24H19F3N3O. The maximum absolute atomic E-state index is 12.9. The van der Waals surface area contributed by atoms with Crippen molar-refractivity contribution in [2.75, 3.05) is 36.0 Å². The Morgan fingerprint density at radius 2 is 1.65 bits per heavy atom. The van der Waals surface area contributed by atoms with Crippen LogP contribution in [0.5, 0.6) is 5.75 Å². The van der Waals surface area contributed by atoms with Crippen molar-refractivity contribution >= 4 is 11.5 Å². The highest BCUT2D eigenvalue weighted by atomic mass is 19.4. The SMILES string of the molecule is Oc1cccc(C#Cc2ccc(N3CCN(c4cc[c]c(C(F)(F)F)c4)CC3)nc2)c1. The Hall–Kier alpha value is -3.66. The summed E-state index contributed by atoms with van der Waals surface area (Å²) in [6.45, 7) is 2.51. The Bertz CT molecular complexity index is 1110.